The summed E-state index contributed by atoms with van der Waals surface area (Å²) in [6.07, 6.45) is 0.659. The molecule has 0 spiro atoms. The molecule has 0 saturated heterocycles. The third-order valence-electron chi connectivity index (χ3n) is 2.09. The van der Waals surface area contributed by atoms with Gasteiger partial charge in [-0.1, -0.05) is 12.1 Å². The number of halogens is 1. The first-order chi connectivity index (χ1) is 7.69. The van der Waals surface area contributed by atoms with E-state index in [0.29, 0.717) is 24.3 Å². The maximum Gasteiger partial charge on any atom is 0.145 e. The SMILES string of the molecule is N#Cc1cccc(CS(=O)CCCN)c1F. The van der Waals surface area contributed by atoms with Gasteiger partial charge in [-0.05, 0) is 19.0 Å². The van der Waals surface area contributed by atoms with Crippen molar-refractivity contribution in [2.24, 2.45) is 5.73 Å². The molecular formula is C11H13FN2OS. The topological polar surface area (TPSA) is 66.9 Å². The minimum atomic E-state index is -1.12. The molecule has 1 aromatic carbocycles. The van der Waals surface area contributed by atoms with Gasteiger partial charge in [-0.25, -0.2) is 4.39 Å². The Bertz CT molecular complexity index is 428. The summed E-state index contributed by atoms with van der Waals surface area (Å²) in [6, 6.07) is 6.31. The van der Waals surface area contributed by atoms with Gasteiger partial charge in [0.1, 0.15) is 11.9 Å². The summed E-state index contributed by atoms with van der Waals surface area (Å²) in [5.41, 5.74) is 5.62. The third kappa shape index (κ3) is 3.40. The monoisotopic (exact) mass is 240 g/mol. The van der Waals surface area contributed by atoms with E-state index >= 15 is 0 Å². The van der Waals surface area contributed by atoms with Crippen molar-refractivity contribution in [1.82, 2.24) is 0 Å². The molecule has 0 heterocycles. The first kappa shape index (κ1) is 12.8. The number of benzene rings is 1. The molecule has 86 valence electrons. The van der Waals surface area contributed by atoms with E-state index in [2.05, 4.69) is 0 Å². The fraction of sp³-hybridized carbons (Fsp3) is 0.364. The summed E-state index contributed by atoms with van der Waals surface area (Å²) >= 11 is 0. The highest BCUT2D eigenvalue weighted by atomic mass is 32.2. The van der Waals surface area contributed by atoms with Crippen LogP contribution in [0.4, 0.5) is 4.39 Å². The van der Waals surface area contributed by atoms with Crippen LogP contribution >= 0.6 is 0 Å². The molecule has 0 saturated carbocycles. The van der Waals surface area contributed by atoms with E-state index in [4.69, 9.17) is 11.0 Å². The van der Waals surface area contributed by atoms with Crippen molar-refractivity contribution in [3.05, 3.63) is 35.1 Å². The molecule has 5 heteroatoms. The van der Waals surface area contributed by atoms with E-state index < -0.39 is 16.6 Å². The zero-order valence-electron chi connectivity index (χ0n) is 8.78. The van der Waals surface area contributed by atoms with Gasteiger partial charge in [0, 0.05) is 22.1 Å². The Morgan fingerprint density at radius 2 is 2.25 bits per heavy atom. The Morgan fingerprint density at radius 1 is 1.50 bits per heavy atom. The molecule has 0 radical (unpaired) electrons. The van der Waals surface area contributed by atoms with Gasteiger partial charge >= 0.3 is 0 Å². The lowest BCUT2D eigenvalue weighted by atomic mass is 10.1. The summed E-state index contributed by atoms with van der Waals surface area (Å²) in [6.45, 7) is 0.479. The first-order valence-corrected chi connectivity index (χ1v) is 6.40. The number of nitrogens with two attached hydrogens (primary N) is 1. The second kappa shape index (κ2) is 6.36. The highest BCUT2D eigenvalue weighted by Crippen LogP contribution is 2.14. The van der Waals surface area contributed by atoms with E-state index in [1.807, 2.05) is 0 Å². The van der Waals surface area contributed by atoms with Crippen molar-refractivity contribution in [2.45, 2.75) is 12.2 Å². The fourth-order valence-corrected chi connectivity index (χ4v) is 2.47. The highest BCUT2D eigenvalue weighted by molar-refractivity contribution is 7.84. The smallest absolute Gasteiger partial charge is 0.145 e. The van der Waals surface area contributed by atoms with Crippen LogP contribution in [0.15, 0.2) is 18.2 Å². The Hall–Kier alpha value is -1.25. The zero-order valence-corrected chi connectivity index (χ0v) is 9.60. The minimum absolute atomic E-state index is 0.00618. The predicted octanol–water partition coefficient (Wildman–Crippen LogP) is 1.29. The van der Waals surface area contributed by atoms with Crippen LogP contribution in [0.1, 0.15) is 17.5 Å². The quantitative estimate of drug-likeness (QED) is 0.843. The molecule has 3 nitrogen and oxygen atoms in total. The molecule has 0 fully saturated rings. The maximum atomic E-state index is 13.6. The average Bonchev–Trinajstić information content (AvgIpc) is 2.29. The van der Waals surface area contributed by atoms with Crippen molar-refractivity contribution in [1.29, 1.82) is 5.26 Å². The van der Waals surface area contributed by atoms with Crippen molar-refractivity contribution in [2.75, 3.05) is 12.3 Å². The van der Waals surface area contributed by atoms with Gasteiger partial charge in [-0.2, -0.15) is 5.26 Å². The van der Waals surface area contributed by atoms with Gasteiger partial charge in [-0.3, -0.25) is 4.21 Å². The number of nitrogens with zero attached hydrogens (tertiary/aromatic N) is 1. The van der Waals surface area contributed by atoms with Crippen LogP contribution in [0.25, 0.3) is 0 Å². The largest absolute Gasteiger partial charge is 0.330 e. The molecular weight excluding hydrogens is 227 g/mol. The van der Waals surface area contributed by atoms with Crippen LogP contribution in [0, 0.1) is 17.1 Å². The van der Waals surface area contributed by atoms with Crippen LogP contribution in [-0.4, -0.2) is 16.5 Å². The van der Waals surface area contributed by atoms with E-state index in [1.165, 1.54) is 6.07 Å². The van der Waals surface area contributed by atoms with Gasteiger partial charge in [0.05, 0.1) is 11.3 Å². The number of nitriles is 1. The molecule has 1 aromatic rings. The molecule has 1 rings (SSSR count). The standard InChI is InChI=1S/C11H13FN2OS/c12-11-9(7-14)3-1-4-10(11)8-16(15)6-2-5-13/h1,3-4H,2,5-6,8,13H2. The second-order valence-corrected chi connectivity index (χ2v) is 4.90. The lowest BCUT2D eigenvalue weighted by Crippen LogP contribution is -2.08. The van der Waals surface area contributed by atoms with E-state index in [1.54, 1.807) is 18.2 Å². The number of rotatable bonds is 5. The highest BCUT2D eigenvalue weighted by Gasteiger charge is 2.10. The second-order valence-electron chi connectivity index (χ2n) is 3.32. The Balaban J connectivity index is 2.75. The average molecular weight is 240 g/mol. The van der Waals surface area contributed by atoms with Gasteiger partial charge in [0.25, 0.3) is 0 Å². The van der Waals surface area contributed by atoms with Crippen LogP contribution in [0.3, 0.4) is 0 Å². The molecule has 0 amide bonds. The normalized spacial score (nSPS) is 12.1. The van der Waals surface area contributed by atoms with Crippen molar-refractivity contribution in [3.8, 4) is 6.07 Å². The molecule has 1 atom stereocenters. The molecule has 0 aliphatic carbocycles. The Kier molecular flexibility index (Phi) is 5.09. The van der Waals surface area contributed by atoms with Crippen LogP contribution in [0.2, 0.25) is 0 Å². The predicted molar refractivity (Wildman–Crippen MR) is 61.5 cm³/mol. The van der Waals surface area contributed by atoms with Crippen LogP contribution < -0.4 is 5.73 Å². The van der Waals surface area contributed by atoms with Crippen LogP contribution in [0.5, 0.6) is 0 Å². The minimum Gasteiger partial charge on any atom is -0.330 e. The molecule has 0 aromatic heterocycles. The summed E-state index contributed by atoms with van der Waals surface area (Å²) in [5, 5.41) is 8.64. The molecule has 16 heavy (non-hydrogen) atoms. The molecule has 1 unspecified atom stereocenters. The van der Waals surface area contributed by atoms with Gasteiger partial charge in [0.15, 0.2) is 0 Å². The number of hydrogen-bond acceptors (Lipinski definition) is 3. The molecule has 0 bridgehead atoms. The van der Waals surface area contributed by atoms with E-state index in [0.717, 1.165) is 0 Å². The summed E-state index contributed by atoms with van der Waals surface area (Å²) < 4.78 is 25.1. The summed E-state index contributed by atoms with van der Waals surface area (Å²) in [7, 11) is -1.12. The number of hydrogen-bond donors (Lipinski definition) is 1. The zero-order chi connectivity index (χ0) is 12.0. The van der Waals surface area contributed by atoms with E-state index in [-0.39, 0.29) is 11.3 Å². The molecule has 0 aliphatic rings. The lowest BCUT2D eigenvalue weighted by molar-refractivity contribution is 0.611. The first-order valence-electron chi connectivity index (χ1n) is 4.91. The van der Waals surface area contributed by atoms with Crippen molar-refractivity contribution < 1.29 is 8.60 Å². The van der Waals surface area contributed by atoms with Crippen molar-refractivity contribution in [3.63, 3.8) is 0 Å². The maximum absolute atomic E-state index is 13.6. The van der Waals surface area contributed by atoms with Crippen LogP contribution in [-0.2, 0) is 16.6 Å². The molecule has 0 aliphatic heterocycles. The van der Waals surface area contributed by atoms with Gasteiger partial charge in [-0.15, -0.1) is 0 Å². The third-order valence-corrected chi connectivity index (χ3v) is 3.47. The van der Waals surface area contributed by atoms with E-state index in [9.17, 15) is 8.60 Å². The Morgan fingerprint density at radius 3 is 2.88 bits per heavy atom. The van der Waals surface area contributed by atoms with Crippen molar-refractivity contribution >= 4 is 10.8 Å². The Labute approximate surface area is 96.5 Å². The lowest BCUT2D eigenvalue weighted by Gasteiger charge is -2.04. The molecule has 2 N–H and O–H groups in total. The summed E-state index contributed by atoms with van der Waals surface area (Å²) in [5.74, 6) is 0.0414. The van der Waals surface area contributed by atoms with Gasteiger partial charge < -0.3 is 5.73 Å². The fourth-order valence-electron chi connectivity index (χ4n) is 1.27. The van der Waals surface area contributed by atoms with Gasteiger partial charge in [0.2, 0.25) is 0 Å². The summed E-state index contributed by atoms with van der Waals surface area (Å²) in [4.78, 5) is 0.